The smallest absolute Gasteiger partial charge is 0.335 e. The van der Waals surface area contributed by atoms with E-state index in [1.807, 2.05) is 4.72 Å². The van der Waals surface area contributed by atoms with Crippen molar-refractivity contribution in [1.29, 1.82) is 0 Å². The van der Waals surface area contributed by atoms with Crippen LogP contribution in [0, 0.1) is 11.6 Å². The van der Waals surface area contributed by atoms with Gasteiger partial charge in [-0.05, 0) is 36.4 Å². The molecule has 0 aliphatic heterocycles. The summed E-state index contributed by atoms with van der Waals surface area (Å²) in [5.74, 6) is -5.49. The zero-order chi connectivity index (χ0) is 31.8. The Hall–Kier alpha value is -5.71. The number of aryl methyl sites for hydroxylation is 1. The molecule has 14 nitrogen and oxygen atoms in total. The van der Waals surface area contributed by atoms with E-state index in [1.54, 1.807) is 0 Å². The average Bonchev–Trinajstić information content (AvgIpc) is 3.55. The molecule has 0 fully saturated rings. The van der Waals surface area contributed by atoms with Gasteiger partial charge in [0.15, 0.2) is 0 Å². The molecule has 226 valence electrons. The molecule has 5 rings (SSSR count). The van der Waals surface area contributed by atoms with Gasteiger partial charge in [0.25, 0.3) is 21.5 Å². The van der Waals surface area contributed by atoms with E-state index >= 15 is 0 Å². The van der Waals surface area contributed by atoms with Gasteiger partial charge in [0.05, 0.1) is 46.5 Å². The number of aliphatic carboxylic acids is 1. The van der Waals surface area contributed by atoms with Crippen molar-refractivity contribution in [3.63, 3.8) is 0 Å². The van der Waals surface area contributed by atoms with Crippen molar-refractivity contribution in [3.8, 4) is 5.69 Å². The minimum atomic E-state index is -4.39. The van der Waals surface area contributed by atoms with Gasteiger partial charge in [0.1, 0.15) is 17.7 Å². The molecule has 0 saturated carbocycles. The molecule has 17 heteroatoms. The highest BCUT2D eigenvalue weighted by molar-refractivity contribution is 7.92. The standard InChI is InChI=1S/C27H20F2N6O8S/c1-34-22-13-30-7-6-16(22)25(37)35(27(34)40)15-5-4-14(31-12-15)9-21(26(38)39)32-24(36)17-10-19(29)20(11-18(17)28)33-44(41,42)23-3-2-8-43-23/h2-8,10-13,21,33H,9H2,1H3,(H,32,36)(H,38,39)/t21-/m0/s1. The average molecular weight is 627 g/mol. The number of fused-ring (bicyclic) bond motifs is 1. The maximum atomic E-state index is 14.8. The zero-order valence-electron chi connectivity index (χ0n) is 22.4. The molecule has 0 radical (unpaired) electrons. The van der Waals surface area contributed by atoms with Crippen molar-refractivity contribution in [2.24, 2.45) is 7.05 Å². The molecule has 4 heterocycles. The maximum Gasteiger partial charge on any atom is 0.335 e. The van der Waals surface area contributed by atoms with Crippen LogP contribution in [0.2, 0.25) is 0 Å². The molecular weight excluding hydrogens is 606 g/mol. The Morgan fingerprint density at radius 3 is 2.52 bits per heavy atom. The lowest BCUT2D eigenvalue weighted by Crippen LogP contribution is -2.42. The summed E-state index contributed by atoms with van der Waals surface area (Å²) in [5, 5.41) is 11.4. The first-order chi connectivity index (χ1) is 20.9. The lowest BCUT2D eigenvalue weighted by atomic mass is 10.1. The van der Waals surface area contributed by atoms with Crippen molar-refractivity contribution in [1.82, 2.24) is 24.4 Å². The molecule has 4 aromatic heterocycles. The zero-order valence-corrected chi connectivity index (χ0v) is 23.2. The van der Waals surface area contributed by atoms with E-state index in [2.05, 4.69) is 15.3 Å². The molecule has 0 saturated heterocycles. The van der Waals surface area contributed by atoms with Crippen LogP contribution in [0.15, 0.2) is 86.4 Å². The topological polar surface area (TPSA) is 195 Å². The fourth-order valence-electron chi connectivity index (χ4n) is 4.25. The molecule has 0 aliphatic carbocycles. The number of nitrogens with zero attached hydrogens (tertiary/aromatic N) is 4. The fraction of sp³-hybridized carbons (Fsp3) is 0.111. The predicted molar refractivity (Wildman–Crippen MR) is 149 cm³/mol. The minimum Gasteiger partial charge on any atom is -0.480 e. The number of carbonyl (C=O) groups is 2. The molecule has 44 heavy (non-hydrogen) atoms. The summed E-state index contributed by atoms with van der Waals surface area (Å²) in [6.07, 6.45) is 4.60. The summed E-state index contributed by atoms with van der Waals surface area (Å²) in [5.41, 5.74) is -2.46. The number of anilines is 1. The molecule has 0 aliphatic rings. The second-order valence-corrected chi connectivity index (χ2v) is 10.9. The highest BCUT2D eigenvalue weighted by Crippen LogP contribution is 2.23. The van der Waals surface area contributed by atoms with Crippen molar-refractivity contribution < 1.29 is 36.3 Å². The van der Waals surface area contributed by atoms with Gasteiger partial charge in [-0.1, -0.05) is 0 Å². The van der Waals surface area contributed by atoms with Gasteiger partial charge in [-0.25, -0.2) is 22.9 Å². The number of hydrogen-bond acceptors (Lipinski definition) is 9. The van der Waals surface area contributed by atoms with E-state index in [0.717, 1.165) is 16.9 Å². The fourth-order valence-corrected chi connectivity index (χ4v) is 5.23. The second-order valence-electron chi connectivity index (χ2n) is 9.30. The lowest BCUT2D eigenvalue weighted by Gasteiger charge is -2.16. The third-order valence-electron chi connectivity index (χ3n) is 6.46. The quantitative estimate of drug-likeness (QED) is 0.216. The molecule has 0 spiro atoms. The third-order valence-corrected chi connectivity index (χ3v) is 7.71. The van der Waals surface area contributed by atoms with Crippen molar-refractivity contribution >= 4 is 38.5 Å². The summed E-state index contributed by atoms with van der Waals surface area (Å²) < 4.78 is 62.6. The molecule has 1 atom stereocenters. The van der Waals surface area contributed by atoms with Crippen molar-refractivity contribution in [2.45, 2.75) is 17.6 Å². The number of pyridine rings is 2. The van der Waals surface area contributed by atoms with Crippen LogP contribution in [-0.2, 0) is 28.3 Å². The lowest BCUT2D eigenvalue weighted by molar-refractivity contribution is -0.139. The molecule has 3 N–H and O–H groups in total. The number of halogens is 2. The Labute approximate surface area is 245 Å². The molecular formula is C27H20F2N6O8S. The van der Waals surface area contributed by atoms with Crippen molar-refractivity contribution in [2.75, 3.05) is 4.72 Å². The maximum absolute atomic E-state index is 14.8. The van der Waals surface area contributed by atoms with Gasteiger partial charge in [0, 0.05) is 31.4 Å². The van der Waals surface area contributed by atoms with E-state index in [-0.39, 0.29) is 16.8 Å². The molecule has 0 bridgehead atoms. The summed E-state index contributed by atoms with van der Waals surface area (Å²) in [6, 6.07) is 5.67. The highest BCUT2D eigenvalue weighted by Gasteiger charge is 2.26. The number of furan rings is 1. The summed E-state index contributed by atoms with van der Waals surface area (Å²) >= 11 is 0. The summed E-state index contributed by atoms with van der Waals surface area (Å²) in [7, 11) is -2.93. The number of nitrogens with one attached hydrogen (secondary N) is 2. The van der Waals surface area contributed by atoms with Crippen LogP contribution in [0.1, 0.15) is 16.1 Å². The van der Waals surface area contributed by atoms with Gasteiger partial charge < -0.3 is 14.8 Å². The molecule has 1 amide bonds. The normalized spacial score (nSPS) is 12.2. The molecule has 0 unspecified atom stereocenters. The number of hydrogen-bond donors (Lipinski definition) is 3. The first-order valence-corrected chi connectivity index (χ1v) is 14.0. The van der Waals surface area contributed by atoms with Gasteiger partial charge in [0.2, 0.25) is 5.09 Å². The third kappa shape index (κ3) is 5.67. The Bertz CT molecular complexity index is 2150. The Morgan fingerprint density at radius 2 is 1.86 bits per heavy atom. The van der Waals surface area contributed by atoms with E-state index in [0.29, 0.717) is 17.6 Å². The SMILES string of the molecule is Cn1c(=O)n(-c2ccc(C[C@H](NC(=O)c3cc(F)c(NS(=O)(=O)c4ccco4)cc3F)C(=O)O)nc2)c(=O)c2ccncc21. The van der Waals surface area contributed by atoms with Crippen LogP contribution in [0.5, 0.6) is 0 Å². The summed E-state index contributed by atoms with van der Waals surface area (Å²) in [6.45, 7) is 0. The van der Waals surface area contributed by atoms with Crippen LogP contribution >= 0.6 is 0 Å². The number of aromatic nitrogens is 4. The number of sulfonamides is 1. The van der Waals surface area contributed by atoms with Gasteiger partial charge in [-0.3, -0.25) is 28.8 Å². The van der Waals surface area contributed by atoms with Crippen LogP contribution in [0.3, 0.4) is 0 Å². The minimum absolute atomic E-state index is 0.0919. The number of benzene rings is 1. The Balaban J connectivity index is 1.35. The van der Waals surface area contributed by atoms with Crippen LogP contribution < -0.4 is 21.3 Å². The molecule has 5 aromatic rings. The number of amides is 1. The van der Waals surface area contributed by atoms with Gasteiger partial charge in [-0.15, -0.1) is 0 Å². The largest absolute Gasteiger partial charge is 0.480 e. The number of rotatable bonds is 9. The Morgan fingerprint density at radius 1 is 1.09 bits per heavy atom. The number of carboxylic acid groups (broad SMARTS) is 1. The van der Waals surface area contributed by atoms with Crippen LogP contribution in [-0.4, -0.2) is 50.5 Å². The molecule has 1 aromatic carbocycles. The monoisotopic (exact) mass is 626 g/mol. The number of carbonyl (C=O) groups excluding carboxylic acids is 1. The Kier molecular flexibility index (Phi) is 7.79. The highest BCUT2D eigenvalue weighted by atomic mass is 32.2. The predicted octanol–water partition coefficient (Wildman–Crippen LogP) is 1.58. The van der Waals surface area contributed by atoms with Gasteiger partial charge >= 0.3 is 11.7 Å². The van der Waals surface area contributed by atoms with Crippen LogP contribution in [0.25, 0.3) is 16.6 Å². The first-order valence-electron chi connectivity index (χ1n) is 12.5. The van der Waals surface area contributed by atoms with E-state index in [9.17, 15) is 41.5 Å². The van der Waals surface area contributed by atoms with Gasteiger partial charge in [-0.2, -0.15) is 8.42 Å². The second kappa shape index (κ2) is 11.5. The van der Waals surface area contributed by atoms with E-state index in [1.165, 1.54) is 54.5 Å². The van der Waals surface area contributed by atoms with Crippen LogP contribution in [0.4, 0.5) is 14.5 Å². The van der Waals surface area contributed by atoms with E-state index < -0.39 is 73.6 Å². The number of carboxylic acids is 1. The first kappa shape index (κ1) is 29.8. The van der Waals surface area contributed by atoms with Crippen molar-refractivity contribution in [3.05, 3.63) is 111 Å². The summed E-state index contributed by atoms with van der Waals surface area (Å²) in [4.78, 5) is 58.5. The van der Waals surface area contributed by atoms with E-state index in [4.69, 9.17) is 4.42 Å².